The zero-order valence-electron chi connectivity index (χ0n) is 9.21. The Morgan fingerprint density at radius 1 is 1.50 bits per heavy atom. The minimum Gasteiger partial charge on any atom is -0.462 e. The van der Waals surface area contributed by atoms with Crippen LogP contribution >= 0.6 is 0 Å². The molecule has 3 heteroatoms. The third-order valence-corrected chi connectivity index (χ3v) is 2.77. The van der Waals surface area contributed by atoms with Crippen molar-refractivity contribution >= 4 is 5.97 Å². The van der Waals surface area contributed by atoms with Crippen molar-refractivity contribution < 1.29 is 9.53 Å². The Morgan fingerprint density at radius 3 is 2.93 bits per heavy atom. The zero-order valence-corrected chi connectivity index (χ0v) is 9.21. The average Bonchev–Trinajstić information content (AvgIpc) is 2.15. The summed E-state index contributed by atoms with van der Waals surface area (Å²) < 4.78 is 5.38. The molecule has 14 heavy (non-hydrogen) atoms. The first-order valence-corrected chi connectivity index (χ1v) is 5.56. The van der Waals surface area contributed by atoms with Crippen molar-refractivity contribution in [3.63, 3.8) is 0 Å². The van der Waals surface area contributed by atoms with Gasteiger partial charge in [-0.25, -0.2) is 0 Å². The molecule has 1 rings (SSSR count). The molecule has 1 fully saturated rings. The summed E-state index contributed by atoms with van der Waals surface area (Å²) in [6.07, 6.45) is 5.25. The summed E-state index contributed by atoms with van der Waals surface area (Å²) in [6.45, 7) is 2.94. The standard InChI is InChI=1S/C11H21NO2/c1-9-4-3-5-10(8-9)14-11(13)6-7-12-2/h9-10,12H,3-8H2,1-2H3. The molecule has 0 aromatic carbocycles. The van der Waals surface area contributed by atoms with Crippen LogP contribution in [0.3, 0.4) is 0 Å². The van der Waals surface area contributed by atoms with Gasteiger partial charge in [0.15, 0.2) is 0 Å². The van der Waals surface area contributed by atoms with Crippen LogP contribution in [-0.4, -0.2) is 25.7 Å². The molecule has 0 aromatic rings. The number of esters is 1. The molecule has 2 unspecified atom stereocenters. The summed E-state index contributed by atoms with van der Waals surface area (Å²) in [4.78, 5) is 11.3. The lowest BCUT2D eigenvalue weighted by Crippen LogP contribution is -2.25. The van der Waals surface area contributed by atoms with Crippen molar-refractivity contribution in [3.8, 4) is 0 Å². The highest BCUT2D eigenvalue weighted by atomic mass is 16.5. The number of nitrogens with one attached hydrogen (secondary N) is 1. The minimum absolute atomic E-state index is 0.0570. The Hall–Kier alpha value is -0.570. The summed E-state index contributed by atoms with van der Waals surface area (Å²) >= 11 is 0. The first-order valence-electron chi connectivity index (χ1n) is 5.56. The molecule has 1 aliphatic rings. The number of hydrogen-bond acceptors (Lipinski definition) is 3. The number of hydrogen-bond donors (Lipinski definition) is 1. The third-order valence-electron chi connectivity index (χ3n) is 2.77. The van der Waals surface area contributed by atoms with E-state index in [1.165, 1.54) is 12.8 Å². The van der Waals surface area contributed by atoms with E-state index in [0.717, 1.165) is 12.8 Å². The van der Waals surface area contributed by atoms with Gasteiger partial charge >= 0.3 is 5.97 Å². The Kier molecular flexibility index (Phi) is 4.94. The van der Waals surface area contributed by atoms with Gasteiger partial charge in [0.05, 0.1) is 6.42 Å². The minimum atomic E-state index is -0.0570. The fourth-order valence-electron chi connectivity index (χ4n) is 1.96. The predicted octanol–water partition coefficient (Wildman–Crippen LogP) is 1.72. The fraction of sp³-hybridized carbons (Fsp3) is 0.909. The van der Waals surface area contributed by atoms with Gasteiger partial charge in [0.1, 0.15) is 6.10 Å². The largest absolute Gasteiger partial charge is 0.462 e. The topological polar surface area (TPSA) is 38.3 Å². The molecule has 0 radical (unpaired) electrons. The monoisotopic (exact) mass is 199 g/mol. The summed E-state index contributed by atoms with van der Waals surface area (Å²) in [5, 5.41) is 2.94. The van der Waals surface area contributed by atoms with Gasteiger partial charge in [-0.05, 0) is 32.2 Å². The normalized spacial score (nSPS) is 27.3. The number of carbonyl (C=O) groups is 1. The molecule has 0 spiro atoms. The molecular formula is C11H21NO2. The van der Waals surface area contributed by atoms with E-state index in [1.54, 1.807) is 0 Å². The molecule has 1 aliphatic carbocycles. The maximum atomic E-state index is 11.3. The number of rotatable bonds is 4. The van der Waals surface area contributed by atoms with E-state index in [2.05, 4.69) is 12.2 Å². The second kappa shape index (κ2) is 6.02. The van der Waals surface area contributed by atoms with Gasteiger partial charge in [0.2, 0.25) is 0 Å². The first-order chi connectivity index (χ1) is 6.72. The molecule has 0 aromatic heterocycles. The van der Waals surface area contributed by atoms with Gasteiger partial charge in [-0.1, -0.05) is 13.3 Å². The summed E-state index contributed by atoms with van der Waals surface area (Å²) in [5.74, 6) is 0.657. The van der Waals surface area contributed by atoms with E-state index in [-0.39, 0.29) is 12.1 Å². The Morgan fingerprint density at radius 2 is 2.29 bits per heavy atom. The maximum absolute atomic E-state index is 11.3. The second-order valence-corrected chi connectivity index (χ2v) is 4.24. The van der Waals surface area contributed by atoms with Gasteiger partial charge in [-0.3, -0.25) is 4.79 Å². The van der Waals surface area contributed by atoms with Gasteiger partial charge in [0.25, 0.3) is 0 Å². The quantitative estimate of drug-likeness (QED) is 0.701. The maximum Gasteiger partial charge on any atom is 0.307 e. The van der Waals surface area contributed by atoms with Crippen LogP contribution in [0.25, 0.3) is 0 Å². The molecule has 0 aliphatic heterocycles. The van der Waals surface area contributed by atoms with E-state index < -0.39 is 0 Å². The van der Waals surface area contributed by atoms with Crippen LogP contribution in [-0.2, 0) is 9.53 Å². The molecule has 1 N–H and O–H groups in total. The van der Waals surface area contributed by atoms with Crippen LogP contribution in [0.5, 0.6) is 0 Å². The first kappa shape index (κ1) is 11.5. The van der Waals surface area contributed by atoms with Gasteiger partial charge in [-0.2, -0.15) is 0 Å². The van der Waals surface area contributed by atoms with Gasteiger partial charge in [0, 0.05) is 6.54 Å². The molecule has 2 atom stereocenters. The highest BCUT2D eigenvalue weighted by molar-refractivity contribution is 5.69. The van der Waals surface area contributed by atoms with Crippen molar-refractivity contribution in [1.29, 1.82) is 0 Å². The Labute approximate surface area is 86.2 Å². The fourth-order valence-corrected chi connectivity index (χ4v) is 1.96. The lowest BCUT2D eigenvalue weighted by molar-refractivity contribution is -0.151. The van der Waals surface area contributed by atoms with E-state index in [9.17, 15) is 4.79 Å². The lowest BCUT2D eigenvalue weighted by atomic mass is 9.89. The molecule has 0 amide bonds. The molecule has 82 valence electrons. The van der Waals surface area contributed by atoms with E-state index in [0.29, 0.717) is 18.9 Å². The third kappa shape index (κ3) is 4.09. The predicted molar refractivity (Wildman–Crippen MR) is 56.1 cm³/mol. The molecular weight excluding hydrogens is 178 g/mol. The van der Waals surface area contributed by atoms with E-state index in [4.69, 9.17) is 4.74 Å². The van der Waals surface area contributed by atoms with Crippen LogP contribution in [0.1, 0.15) is 39.0 Å². The van der Waals surface area contributed by atoms with Crippen LogP contribution in [0.15, 0.2) is 0 Å². The highest BCUT2D eigenvalue weighted by Gasteiger charge is 2.21. The van der Waals surface area contributed by atoms with E-state index in [1.807, 2.05) is 7.05 Å². The molecule has 3 nitrogen and oxygen atoms in total. The molecule has 0 heterocycles. The summed E-state index contributed by atoms with van der Waals surface area (Å²) in [6, 6.07) is 0. The molecule has 0 bridgehead atoms. The van der Waals surface area contributed by atoms with Crippen LogP contribution in [0.2, 0.25) is 0 Å². The zero-order chi connectivity index (χ0) is 10.4. The van der Waals surface area contributed by atoms with Crippen molar-refractivity contribution in [3.05, 3.63) is 0 Å². The Balaban J connectivity index is 2.18. The second-order valence-electron chi connectivity index (χ2n) is 4.24. The van der Waals surface area contributed by atoms with Crippen molar-refractivity contribution in [2.45, 2.75) is 45.1 Å². The van der Waals surface area contributed by atoms with Crippen molar-refractivity contribution in [2.24, 2.45) is 5.92 Å². The van der Waals surface area contributed by atoms with Gasteiger partial charge < -0.3 is 10.1 Å². The molecule has 0 saturated heterocycles. The summed E-state index contributed by atoms with van der Waals surface area (Å²) in [7, 11) is 1.84. The molecule has 1 saturated carbocycles. The number of carbonyl (C=O) groups excluding carboxylic acids is 1. The SMILES string of the molecule is CNCCC(=O)OC1CCCC(C)C1. The number of ether oxygens (including phenoxy) is 1. The Bertz CT molecular complexity index is 182. The lowest BCUT2D eigenvalue weighted by Gasteiger charge is -2.26. The highest BCUT2D eigenvalue weighted by Crippen LogP contribution is 2.25. The van der Waals surface area contributed by atoms with Gasteiger partial charge in [-0.15, -0.1) is 0 Å². The van der Waals surface area contributed by atoms with Crippen molar-refractivity contribution in [1.82, 2.24) is 5.32 Å². The van der Waals surface area contributed by atoms with Crippen molar-refractivity contribution in [2.75, 3.05) is 13.6 Å². The van der Waals surface area contributed by atoms with Crippen LogP contribution in [0, 0.1) is 5.92 Å². The van der Waals surface area contributed by atoms with E-state index >= 15 is 0 Å². The van der Waals surface area contributed by atoms with Crippen LogP contribution in [0.4, 0.5) is 0 Å². The average molecular weight is 199 g/mol. The summed E-state index contributed by atoms with van der Waals surface area (Å²) in [5.41, 5.74) is 0. The van der Waals surface area contributed by atoms with Crippen LogP contribution < -0.4 is 5.32 Å². The smallest absolute Gasteiger partial charge is 0.307 e.